The van der Waals surface area contributed by atoms with E-state index in [4.69, 9.17) is 0 Å². The first kappa shape index (κ1) is 24.5. The number of hydrogen-bond donors (Lipinski definition) is 3. The fraction of sp³-hybridized carbons (Fsp3) is 0.355. The van der Waals surface area contributed by atoms with Crippen LogP contribution < -0.4 is 16.0 Å². The van der Waals surface area contributed by atoms with Crippen LogP contribution in [0.4, 0.5) is 20.6 Å². The fourth-order valence-corrected chi connectivity index (χ4v) is 6.64. The number of benzene rings is 3. The number of hydrogen-bond acceptors (Lipinski definition) is 3. The number of nitrogens with zero attached hydrogens (tertiary/aromatic N) is 1. The van der Waals surface area contributed by atoms with Crippen LogP contribution >= 0.6 is 0 Å². The van der Waals surface area contributed by atoms with Crippen molar-refractivity contribution in [3.63, 3.8) is 0 Å². The number of carbonyl (C=O) groups is 2. The second-order valence-corrected chi connectivity index (χ2v) is 10.7. The summed E-state index contributed by atoms with van der Waals surface area (Å²) in [4.78, 5) is 29.1. The minimum Gasteiger partial charge on any atom is -0.378 e. The Morgan fingerprint density at radius 1 is 0.868 bits per heavy atom. The molecule has 3 aliphatic rings. The number of para-hydroxylation sites is 1. The number of halogens is 1. The molecule has 3 N–H and O–H groups in total. The number of nitrogens with one attached hydrogen (secondary N) is 3. The van der Waals surface area contributed by atoms with E-state index < -0.39 is 0 Å². The maximum Gasteiger partial charge on any atom is 0.319 e. The van der Waals surface area contributed by atoms with Gasteiger partial charge < -0.3 is 20.9 Å². The maximum atomic E-state index is 14.2. The quantitative estimate of drug-likeness (QED) is 0.386. The zero-order valence-corrected chi connectivity index (χ0v) is 21.3. The molecule has 2 fully saturated rings. The molecule has 38 heavy (non-hydrogen) atoms. The van der Waals surface area contributed by atoms with E-state index in [0.29, 0.717) is 12.2 Å². The van der Waals surface area contributed by atoms with E-state index in [9.17, 15) is 14.0 Å². The standard InChI is InChI=1S/C31H33FN4O2/c32-21-14-16-22(17-15-21)33-31(38)35-27-13-7-5-11-24(27)30(37)36-19-18-25-28(20-8-2-1-3-9-20)34-26-12-6-4-10-23(26)29(25)36/h1-4,6,8-10,12,14-17,24-25,27-29,34H,5,7,11,13,18-19H2,(H2,33,35,38)/t24-,25-,27+,28-,29-/m0/s1. The highest BCUT2D eigenvalue weighted by molar-refractivity contribution is 5.90. The van der Waals surface area contributed by atoms with E-state index in [1.165, 1.54) is 35.4 Å². The summed E-state index contributed by atoms with van der Waals surface area (Å²) in [5.74, 6) is -0.216. The molecule has 2 heterocycles. The van der Waals surface area contributed by atoms with Crippen molar-refractivity contribution in [1.82, 2.24) is 10.2 Å². The summed E-state index contributed by atoms with van der Waals surface area (Å²) in [6, 6.07) is 24.0. The Morgan fingerprint density at radius 3 is 2.42 bits per heavy atom. The lowest BCUT2D eigenvalue weighted by atomic mass is 9.79. The van der Waals surface area contributed by atoms with Crippen molar-refractivity contribution >= 4 is 23.3 Å². The number of rotatable bonds is 4. The summed E-state index contributed by atoms with van der Waals surface area (Å²) in [5.41, 5.74) is 4.01. The van der Waals surface area contributed by atoms with E-state index in [1.54, 1.807) is 0 Å². The monoisotopic (exact) mass is 512 g/mol. The van der Waals surface area contributed by atoms with Crippen LogP contribution in [-0.2, 0) is 4.79 Å². The van der Waals surface area contributed by atoms with Crippen molar-refractivity contribution in [1.29, 1.82) is 0 Å². The fourth-order valence-electron chi connectivity index (χ4n) is 6.64. The molecule has 0 spiro atoms. The number of anilines is 2. The minimum absolute atomic E-state index is 0.000717. The molecule has 6 rings (SSSR count). The highest BCUT2D eigenvalue weighted by atomic mass is 19.1. The normalized spacial score (nSPS) is 26.0. The van der Waals surface area contributed by atoms with Crippen LogP contribution in [-0.4, -0.2) is 29.4 Å². The lowest BCUT2D eigenvalue weighted by Gasteiger charge is -2.42. The van der Waals surface area contributed by atoms with Crippen LogP contribution in [0.5, 0.6) is 0 Å². The van der Waals surface area contributed by atoms with Crippen molar-refractivity contribution < 1.29 is 14.0 Å². The molecule has 196 valence electrons. The minimum atomic E-state index is -0.364. The molecule has 3 aromatic carbocycles. The van der Waals surface area contributed by atoms with Gasteiger partial charge in [-0.25, -0.2) is 9.18 Å². The predicted molar refractivity (Wildman–Crippen MR) is 146 cm³/mol. The van der Waals surface area contributed by atoms with Crippen molar-refractivity contribution in [2.75, 3.05) is 17.2 Å². The SMILES string of the molecule is O=C(Nc1ccc(F)cc1)N[C@@H]1CCCC[C@@H]1C(=O)N1CC[C@H]2[C@H](c3ccccc3)Nc3ccccc3[C@@H]21. The molecule has 0 aromatic heterocycles. The van der Waals surface area contributed by atoms with Gasteiger partial charge in [-0.1, -0.05) is 61.4 Å². The third-order valence-electron chi connectivity index (χ3n) is 8.41. The van der Waals surface area contributed by atoms with E-state index in [0.717, 1.165) is 37.8 Å². The molecule has 1 saturated heterocycles. The lowest BCUT2D eigenvalue weighted by molar-refractivity contribution is -0.138. The van der Waals surface area contributed by atoms with Crippen LogP contribution in [0, 0.1) is 17.7 Å². The van der Waals surface area contributed by atoms with Crippen molar-refractivity contribution in [2.24, 2.45) is 11.8 Å². The topological polar surface area (TPSA) is 73.5 Å². The summed E-state index contributed by atoms with van der Waals surface area (Å²) in [6.45, 7) is 0.707. The van der Waals surface area contributed by atoms with Crippen LogP contribution in [0.15, 0.2) is 78.9 Å². The zero-order chi connectivity index (χ0) is 26.1. The Morgan fingerprint density at radius 2 is 1.61 bits per heavy atom. The number of likely N-dealkylation sites (tertiary alicyclic amines) is 1. The van der Waals surface area contributed by atoms with Crippen molar-refractivity contribution in [3.05, 3.63) is 95.8 Å². The number of amides is 3. The highest BCUT2D eigenvalue weighted by Crippen LogP contribution is 2.51. The van der Waals surface area contributed by atoms with Gasteiger partial charge in [-0.3, -0.25) is 4.79 Å². The van der Waals surface area contributed by atoms with Gasteiger partial charge in [0, 0.05) is 29.9 Å². The van der Waals surface area contributed by atoms with Gasteiger partial charge in [0.2, 0.25) is 5.91 Å². The molecule has 3 aromatic rings. The molecular formula is C31H33FN4O2. The van der Waals surface area contributed by atoms with Gasteiger partial charge >= 0.3 is 6.03 Å². The Hall–Kier alpha value is -3.87. The molecule has 0 radical (unpaired) electrons. The number of fused-ring (bicyclic) bond motifs is 3. The summed E-state index contributed by atoms with van der Waals surface area (Å²) >= 11 is 0. The first-order chi connectivity index (χ1) is 18.6. The van der Waals surface area contributed by atoms with Gasteiger partial charge in [-0.15, -0.1) is 0 Å². The van der Waals surface area contributed by atoms with Crippen molar-refractivity contribution in [3.8, 4) is 0 Å². The smallest absolute Gasteiger partial charge is 0.319 e. The second kappa shape index (κ2) is 10.5. The summed E-state index contributed by atoms with van der Waals surface area (Å²) in [5, 5.41) is 9.59. The van der Waals surface area contributed by atoms with Crippen molar-refractivity contribution in [2.45, 2.75) is 50.2 Å². The first-order valence-electron chi connectivity index (χ1n) is 13.6. The van der Waals surface area contributed by atoms with Gasteiger partial charge in [0.05, 0.1) is 18.0 Å². The maximum absolute atomic E-state index is 14.2. The van der Waals surface area contributed by atoms with E-state index >= 15 is 0 Å². The molecule has 0 unspecified atom stereocenters. The Kier molecular flexibility index (Phi) is 6.75. The van der Waals surface area contributed by atoms with Gasteiger partial charge in [0.15, 0.2) is 0 Å². The zero-order valence-electron chi connectivity index (χ0n) is 21.3. The summed E-state index contributed by atoms with van der Waals surface area (Å²) in [7, 11) is 0. The molecule has 5 atom stereocenters. The predicted octanol–water partition coefficient (Wildman–Crippen LogP) is 6.26. The average Bonchev–Trinajstić information content (AvgIpc) is 3.40. The van der Waals surface area contributed by atoms with E-state index in [-0.39, 0.29) is 47.7 Å². The molecular weight excluding hydrogens is 479 g/mol. The Balaban J connectivity index is 1.23. The van der Waals surface area contributed by atoms with Crippen LogP contribution in [0.25, 0.3) is 0 Å². The van der Waals surface area contributed by atoms with Gasteiger partial charge in [-0.05, 0) is 60.7 Å². The molecule has 7 heteroatoms. The largest absolute Gasteiger partial charge is 0.378 e. The average molecular weight is 513 g/mol. The molecule has 1 aliphatic carbocycles. The van der Waals surface area contributed by atoms with Crippen LogP contribution in [0.3, 0.4) is 0 Å². The summed E-state index contributed by atoms with van der Waals surface area (Å²) < 4.78 is 13.2. The Labute approximate surface area is 222 Å². The molecule has 0 bridgehead atoms. The highest BCUT2D eigenvalue weighted by Gasteiger charge is 2.48. The molecule has 3 amide bonds. The number of urea groups is 1. The van der Waals surface area contributed by atoms with Crippen LogP contribution in [0.2, 0.25) is 0 Å². The first-order valence-corrected chi connectivity index (χ1v) is 13.6. The van der Waals surface area contributed by atoms with Gasteiger partial charge in [0.1, 0.15) is 5.82 Å². The summed E-state index contributed by atoms with van der Waals surface area (Å²) in [6.07, 6.45) is 4.39. The van der Waals surface area contributed by atoms with E-state index in [1.807, 2.05) is 18.2 Å². The lowest BCUT2D eigenvalue weighted by Crippen LogP contribution is -2.51. The molecule has 6 nitrogen and oxygen atoms in total. The van der Waals surface area contributed by atoms with Gasteiger partial charge in [-0.2, -0.15) is 0 Å². The number of carbonyl (C=O) groups excluding carboxylic acids is 2. The molecule has 2 aliphatic heterocycles. The van der Waals surface area contributed by atoms with Gasteiger partial charge in [0.25, 0.3) is 0 Å². The second-order valence-electron chi connectivity index (χ2n) is 10.7. The third-order valence-corrected chi connectivity index (χ3v) is 8.41. The Bertz CT molecular complexity index is 1300. The third kappa shape index (κ3) is 4.73. The van der Waals surface area contributed by atoms with Crippen LogP contribution in [0.1, 0.15) is 55.3 Å². The molecule has 1 saturated carbocycles. The van der Waals surface area contributed by atoms with E-state index in [2.05, 4.69) is 57.2 Å².